The van der Waals surface area contributed by atoms with Crippen molar-refractivity contribution >= 4 is 18.0 Å². The smallest absolute Gasteiger partial charge is 0.328 e. The summed E-state index contributed by atoms with van der Waals surface area (Å²) in [5.74, 6) is -1.30. The quantitative estimate of drug-likeness (QED) is 0.735. The number of carboxylic acids is 1. The molecule has 0 aliphatic heterocycles. The maximum absolute atomic E-state index is 12.1. The standard InChI is InChI=1S/C13H16N2O4/c1-2-15(5-6-16)13(19)11-7-10(8-14-9-11)3-4-12(17)18/h3-4,7-9,16H,2,5-6H2,1H3,(H,17,18). The number of aliphatic hydroxyl groups excluding tert-OH is 1. The van der Waals surface area contributed by atoms with E-state index in [-0.39, 0.29) is 19.1 Å². The third-order valence-electron chi connectivity index (χ3n) is 2.46. The van der Waals surface area contributed by atoms with Gasteiger partial charge in [0.05, 0.1) is 12.2 Å². The molecular formula is C13H16N2O4. The van der Waals surface area contributed by atoms with Crippen LogP contribution in [0.15, 0.2) is 24.5 Å². The molecule has 2 N–H and O–H groups in total. The molecule has 0 unspecified atom stereocenters. The lowest BCUT2D eigenvalue weighted by atomic mass is 10.1. The molecule has 0 aliphatic rings. The number of amides is 1. The van der Waals surface area contributed by atoms with Crippen molar-refractivity contribution < 1.29 is 19.8 Å². The minimum atomic E-state index is -1.06. The molecule has 6 nitrogen and oxygen atoms in total. The van der Waals surface area contributed by atoms with Crippen molar-refractivity contribution in [2.45, 2.75) is 6.92 Å². The van der Waals surface area contributed by atoms with Gasteiger partial charge < -0.3 is 15.1 Å². The van der Waals surface area contributed by atoms with Crippen molar-refractivity contribution in [3.63, 3.8) is 0 Å². The van der Waals surface area contributed by atoms with Crippen molar-refractivity contribution in [3.8, 4) is 0 Å². The van der Waals surface area contributed by atoms with Crippen LogP contribution in [0.25, 0.3) is 6.08 Å². The van der Waals surface area contributed by atoms with Gasteiger partial charge in [-0.05, 0) is 24.6 Å². The molecule has 1 rings (SSSR count). The van der Waals surface area contributed by atoms with Gasteiger partial charge in [-0.25, -0.2) is 4.79 Å². The number of nitrogens with zero attached hydrogens (tertiary/aromatic N) is 2. The summed E-state index contributed by atoms with van der Waals surface area (Å²) in [4.78, 5) is 27.9. The minimum absolute atomic E-state index is 0.106. The van der Waals surface area contributed by atoms with Crippen LogP contribution in [0.3, 0.4) is 0 Å². The summed E-state index contributed by atoms with van der Waals surface area (Å²) in [6.07, 6.45) is 5.24. The molecule has 1 aromatic rings. The van der Waals surface area contributed by atoms with Gasteiger partial charge >= 0.3 is 5.97 Å². The molecule has 1 amide bonds. The Kier molecular flexibility index (Phi) is 5.69. The SMILES string of the molecule is CCN(CCO)C(=O)c1cncc(C=CC(=O)O)c1. The number of hydrogen-bond donors (Lipinski definition) is 2. The van der Waals surface area contributed by atoms with Gasteiger partial charge in [0.2, 0.25) is 0 Å². The minimum Gasteiger partial charge on any atom is -0.478 e. The van der Waals surface area contributed by atoms with E-state index in [1.54, 1.807) is 6.07 Å². The number of aliphatic hydroxyl groups is 1. The van der Waals surface area contributed by atoms with Crippen LogP contribution in [0.4, 0.5) is 0 Å². The third kappa shape index (κ3) is 4.51. The van der Waals surface area contributed by atoms with Crippen molar-refractivity contribution in [2.24, 2.45) is 0 Å². The van der Waals surface area contributed by atoms with Gasteiger partial charge in [0.15, 0.2) is 0 Å². The number of pyridine rings is 1. The lowest BCUT2D eigenvalue weighted by molar-refractivity contribution is -0.131. The zero-order valence-electron chi connectivity index (χ0n) is 10.6. The molecule has 19 heavy (non-hydrogen) atoms. The molecule has 0 aliphatic carbocycles. The summed E-state index contributed by atoms with van der Waals surface area (Å²) in [6.45, 7) is 2.44. The Morgan fingerprint density at radius 3 is 2.74 bits per heavy atom. The number of carboxylic acid groups (broad SMARTS) is 1. The Morgan fingerprint density at radius 2 is 2.16 bits per heavy atom. The van der Waals surface area contributed by atoms with E-state index < -0.39 is 5.97 Å². The molecule has 6 heteroatoms. The first-order chi connectivity index (χ1) is 9.08. The molecule has 0 saturated carbocycles. The van der Waals surface area contributed by atoms with Gasteiger partial charge in [-0.3, -0.25) is 9.78 Å². The first-order valence-corrected chi connectivity index (χ1v) is 5.84. The molecule has 1 aromatic heterocycles. The molecule has 0 radical (unpaired) electrons. The number of rotatable bonds is 6. The summed E-state index contributed by atoms with van der Waals surface area (Å²) in [5.41, 5.74) is 0.899. The average molecular weight is 264 g/mol. The van der Waals surface area contributed by atoms with Gasteiger partial charge in [0, 0.05) is 31.6 Å². The highest BCUT2D eigenvalue weighted by Crippen LogP contribution is 2.08. The van der Waals surface area contributed by atoms with Gasteiger partial charge in [-0.2, -0.15) is 0 Å². The topological polar surface area (TPSA) is 90.7 Å². The van der Waals surface area contributed by atoms with E-state index in [0.29, 0.717) is 17.7 Å². The fraction of sp³-hybridized carbons (Fsp3) is 0.308. The number of aliphatic carboxylic acids is 1. The molecule has 0 aromatic carbocycles. The number of aromatic nitrogens is 1. The second-order valence-corrected chi connectivity index (χ2v) is 3.79. The lowest BCUT2D eigenvalue weighted by Crippen LogP contribution is -2.33. The Hall–Kier alpha value is -2.21. The highest BCUT2D eigenvalue weighted by atomic mass is 16.4. The Balaban J connectivity index is 2.92. The molecule has 0 saturated heterocycles. The van der Waals surface area contributed by atoms with Crippen LogP contribution in [-0.4, -0.2) is 51.7 Å². The van der Waals surface area contributed by atoms with E-state index >= 15 is 0 Å². The fourth-order valence-electron chi connectivity index (χ4n) is 1.54. The highest BCUT2D eigenvalue weighted by Gasteiger charge is 2.13. The molecule has 1 heterocycles. The lowest BCUT2D eigenvalue weighted by Gasteiger charge is -2.19. The van der Waals surface area contributed by atoms with Crippen molar-refractivity contribution in [2.75, 3.05) is 19.7 Å². The van der Waals surface area contributed by atoms with Gasteiger partial charge in [-0.1, -0.05) is 0 Å². The monoisotopic (exact) mass is 264 g/mol. The second kappa shape index (κ2) is 7.27. The summed E-state index contributed by atoms with van der Waals surface area (Å²) < 4.78 is 0. The third-order valence-corrected chi connectivity index (χ3v) is 2.46. The van der Waals surface area contributed by atoms with Crippen LogP contribution < -0.4 is 0 Å². The maximum atomic E-state index is 12.1. The van der Waals surface area contributed by atoms with Gasteiger partial charge in [0.1, 0.15) is 0 Å². The van der Waals surface area contributed by atoms with E-state index in [4.69, 9.17) is 10.2 Å². The zero-order valence-corrected chi connectivity index (χ0v) is 10.6. The van der Waals surface area contributed by atoms with Crippen molar-refractivity contribution in [1.82, 2.24) is 9.88 Å². The number of carbonyl (C=O) groups excluding carboxylic acids is 1. The predicted molar refractivity (Wildman–Crippen MR) is 69.6 cm³/mol. The molecule has 0 atom stereocenters. The Morgan fingerprint density at radius 1 is 1.42 bits per heavy atom. The molecule has 0 spiro atoms. The van der Waals surface area contributed by atoms with Gasteiger partial charge in [-0.15, -0.1) is 0 Å². The first-order valence-electron chi connectivity index (χ1n) is 5.84. The van der Waals surface area contributed by atoms with E-state index in [1.807, 2.05) is 6.92 Å². The molecule has 102 valence electrons. The van der Waals surface area contributed by atoms with Crippen LogP contribution >= 0.6 is 0 Å². The highest BCUT2D eigenvalue weighted by molar-refractivity contribution is 5.94. The maximum Gasteiger partial charge on any atom is 0.328 e. The largest absolute Gasteiger partial charge is 0.478 e. The van der Waals surface area contributed by atoms with Crippen LogP contribution in [0, 0.1) is 0 Å². The summed E-state index contributed by atoms with van der Waals surface area (Å²) in [5, 5.41) is 17.4. The first kappa shape index (κ1) is 14.8. The fourth-order valence-corrected chi connectivity index (χ4v) is 1.54. The average Bonchev–Trinajstić information content (AvgIpc) is 2.42. The number of likely N-dealkylation sites (N-methyl/N-ethyl adjacent to an activating group) is 1. The molecule has 0 bridgehead atoms. The molecule has 0 fully saturated rings. The van der Waals surface area contributed by atoms with Crippen LogP contribution in [0.5, 0.6) is 0 Å². The van der Waals surface area contributed by atoms with Gasteiger partial charge in [0.25, 0.3) is 5.91 Å². The van der Waals surface area contributed by atoms with E-state index in [0.717, 1.165) is 6.08 Å². The van der Waals surface area contributed by atoms with Crippen LogP contribution in [-0.2, 0) is 4.79 Å². The van der Waals surface area contributed by atoms with Crippen LogP contribution in [0.2, 0.25) is 0 Å². The second-order valence-electron chi connectivity index (χ2n) is 3.79. The Labute approximate surface area is 111 Å². The summed E-state index contributed by atoms with van der Waals surface area (Å²) in [6, 6.07) is 1.56. The summed E-state index contributed by atoms with van der Waals surface area (Å²) in [7, 11) is 0. The van der Waals surface area contributed by atoms with Crippen molar-refractivity contribution in [3.05, 3.63) is 35.7 Å². The summed E-state index contributed by atoms with van der Waals surface area (Å²) >= 11 is 0. The molecular weight excluding hydrogens is 248 g/mol. The van der Waals surface area contributed by atoms with Crippen molar-refractivity contribution in [1.29, 1.82) is 0 Å². The van der Waals surface area contributed by atoms with E-state index in [2.05, 4.69) is 4.98 Å². The zero-order chi connectivity index (χ0) is 14.3. The predicted octanol–water partition coefficient (Wildman–Crippen LogP) is 0.634. The Bertz CT molecular complexity index is 485. The van der Waals surface area contributed by atoms with Crippen LogP contribution in [0.1, 0.15) is 22.8 Å². The number of hydrogen-bond acceptors (Lipinski definition) is 4. The number of carbonyl (C=O) groups is 2. The van der Waals surface area contributed by atoms with E-state index in [1.165, 1.54) is 23.4 Å². The van der Waals surface area contributed by atoms with E-state index in [9.17, 15) is 9.59 Å². The normalized spacial score (nSPS) is 10.6.